The van der Waals surface area contributed by atoms with Crippen molar-refractivity contribution in [3.05, 3.63) is 88.9 Å². The number of hydrogen-bond acceptors (Lipinski definition) is 3. The molecule has 3 aromatic rings. The van der Waals surface area contributed by atoms with Crippen LogP contribution in [-0.4, -0.2) is 36.7 Å². The van der Waals surface area contributed by atoms with Gasteiger partial charge in [-0.15, -0.1) is 0 Å². The van der Waals surface area contributed by atoms with E-state index in [1.807, 2.05) is 62.4 Å². The number of urea groups is 2. The number of nitrogens with zero attached hydrogens (tertiary/aromatic N) is 3. The Morgan fingerprint density at radius 2 is 1.47 bits per heavy atom. The first-order valence-electron chi connectivity index (χ1n) is 10.9. The molecule has 8 heteroatoms. The summed E-state index contributed by atoms with van der Waals surface area (Å²) in [5.41, 5.74) is 3.14. The lowest BCUT2D eigenvalue weighted by Crippen LogP contribution is -2.64. The second-order valence-electron chi connectivity index (χ2n) is 8.52. The van der Waals surface area contributed by atoms with E-state index in [1.54, 1.807) is 29.2 Å². The third kappa shape index (κ3) is 3.83. The van der Waals surface area contributed by atoms with E-state index in [2.05, 4.69) is 10.3 Å². The van der Waals surface area contributed by atoms with E-state index in [-0.39, 0.29) is 19.2 Å². The molecule has 0 aromatic heterocycles. The summed E-state index contributed by atoms with van der Waals surface area (Å²) in [4.78, 5) is 34.4. The van der Waals surface area contributed by atoms with Crippen LogP contribution in [0.25, 0.3) is 0 Å². The number of halogens is 1. The molecule has 4 amide bonds. The Hall–Kier alpha value is -3.68. The van der Waals surface area contributed by atoms with Crippen LogP contribution in [-0.2, 0) is 4.74 Å². The van der Waals surface area contributed by atoms with E-state index < -0.39 is 11.6 Å². The van der Waals surface area contributed by atoms with E-state index in [0.717, 1.165) is 11.1 Å². The number of ether oxygens (including phenoxy) is 1. The maximum atomic E-state index is 13.8. The Kier molecular flexibility index (Phi) is 5.59. The van der Waals surface area contributed by atoms with Gasteiger partial charge in [-0.2, -0.15) is 4.99 Å². The molecule has 0 unspecified atom stereocenters. The number of rotatable bonds is 3. The van der Waals surface area contributed by atoms with E-state index in [9.17, 15) is 9.59 Å². The third-order valence-corrected chi connectivity index (χ3v) is 6.26. The summed E-state index contributed by atoms with van der Waals surface area (Å²) < 4.78 is 5.57. The molecule has 1 N–H and O–H groups in total. The van der Waals surface area contributed by atoms with Gasteiger partial charge in [0, 0.05) is 16.4 Å². The Morgan fingerprint density at radius 1 is 0.912 bits per heavy atom. The number of aliphatic imine (C=N–C) groups is 1. The second-order valence-corrected chi connectivity index (χ2v) is 8.96. The van der Waals surface area contributed by atoms with Crippen LogP contribution in [0.4, 0.5) is 26.7 Å². The van der Waals surface area contributed by atoms with Crippen molar-refractivity contribution in [2.24, 2.45) is 4.99 Å². The van der Waals surface area contributed by atoms with Crippen molar-refractivity contribution in [3.63, 3.8) is 0 Å². The van der Waals surface area contributed by atoms with E-state index >= 15 is 0 Å². The van der Waals surface area contributed by atoms with E-state index in [0.29, 0.717) is 27.9 Å². The quantitative estimate of drug-likeness (QED) is 0.521. The van der Waals surface area contributed by atoms with Crippen LogP contribution in [0.5, 0.6) is 0 Å². The molecular formula is C26H23ClN4O3. The minimum atomic E-state index is -0.902. The van der Waals surface area contributed by atoms with Crippen LogP contribution in [0, 0.1) is 13.8 Å². The van der Waals surface area contributed by atoms with Crippen LogP contribution < -0.4 is 15.1 Å². The second kappa shape index (κ2) is 8.59. The summed E-state index contributed by atoms with van der Waals surface area (Å²) in [6, 6.07) is 21.1. The SMILES string of the molecule is Cc1ccc(NC(=O)N=C2N(c3ccc(C)cc3)C(=O)N(c3ccc(Cl)cc3)C23COC3)cc1. The molecule has 3 aromatic carbocycles. The summed E-state index contributed by atoms with van der Waals surface area (Å²) in [6.07, 6.45) is 0. The molecular weight excluding hydrogens is 452 g/mol. The highest BCUT2D eigenvalue weighted by atomic mass is 35.5. The summed E-state index contributed by atoms with van der Waals surface area (Å²) in [5.74, 6) is 0.326. The minimum Gasteiger partial charge on any atom is -0.375 e. The fourth-order valence-corrected chi connectivity index (χ4v) is 4.27. The topological polar surface area (TPSA) is 74.2 Å². The van der Waals surface area contributed by atoms with Crippen molar-refractivity contribution >= 4 is 46.6 Å². The summed E-state index contributed by atoms with van der Waals surface area (Å²) in [6.45, 7) is 4.39. The van der Waals surface area contributed by atoms with Gasteiger partial charge in [0.1, 0.15) is 0 Å². The highest BCUT2D eigenvalue weighted by Crippen LogP contribution is 2.41. The largest absolute Gasteiger partial charge is 0.375 e. The van der Waals surface area contributed by atoms with Gasteiger partial charge in [-0.25, -0.2) is 14.5 Å². The monoisotopic (exact) mass is 474 g/mol. The zero-order valence-corrected chi connectivity index (χ0v) is 19.5. The molecule has 2 fully saturated rings. The number of carbonyl (C=O) groups is 2. The predicted molar refractivity (Wildman–Crippen MR) is 134 cm³/mol. The number of hydrogen-bond donors (Lipinski definition) is 1. The molecule has 7 nitrogen and oxygen atoms in total. The molecule has 0 aliphatic carbocycles. The van der Waals surface area contributed by atoms with E-state index in [1.165, 1.54) is 4.90 Å². The first kappa shape index (κ1) is 22.1. The van der Waals surface area contributed by atoms with Crippen LogP contribution in [0.1, 0.15) is 11.1 Å². The average Bonchev–Trinajstić information content (AvgIpc) is 3.05. The smallest absolute Gasteiger partial charge is 0.347 e. The van der Waals surface area contributed by atoms with Gasteiger partial charge in [-0.1, -0.05) is 47.0 Å². The Morgan fingerprint density at radius 3 is 2.03 bits per heavy atom. The number of aryl methyl sites for hydroxylation is 2. The lowest BCUT2D eigenvalue weighted by molar-refractivity contribution is -0.0152. The predicted octanol–water partition coefficient (Wildman–Crippen LogP) is 5.80. The van der Waals surface area contributed by atoms with Crippen LogP contribution in [0.2, 0.25) is 5.02 Å². The third-order valence-electron chi connectivity index (χ3n) is 6.01. The first-order chi connectivity index (χ1) is 16.4. The highest BCUT2D eigenvalue weighted by Gasteiger charge is 2.61. The summed E-state index contributed by atoms with van der Waals surface area (Å²) in [7, 11) is 0. The van der Waals surface area contributed by atoms with Gasteiger partial charge in [0.25, 0.3) is 0 Å². The van der Waals surface area contributed by atoms with Gasteiger partial charge < -0.3 is 10.1 Å². The molecule has 1 spiro atoms. The number of carbonyl (C=O) groups excluding carboxylic acids is 2. The zero-order chi connectivity index (χ0) is 23.9. The van der Waals surface area contributed by atoms with Crippen LogP contribution in [0.15, 0.2) is 77.8 Å². The minimum absolute atomic E-state index is 0.223. The Bertz CT molecular complexity index is 1270. The molecule has 2 saturated heterocycles. The van der Waals surface area contributed by atoms with Crippen LogP contribution in [0.3, 0.4) is 0 Å². The van der Waals surface area contributed by atoms with Gasteiger partial charge in [0.2, 0.25) is 0 Å². The van der Waals surface area contributed by atoms with Crippen molar-refractivity contribution < 1.29 is 14.3 Å². The summed E-state index contributed by atoms with van der Waals surface area (Å²) in [5, 5.41) is 3.36. The van der Waals surface area contributed by atoms with Gasteiger partial charge in [0.05, 0.1) is 18.9 Å². The number of anilines is 3. The van der Waals surface area contributed by atoms with Crippen molar-refractivity contribution in [1.82, 2.24) is 0 Å². The van der Waals surface area contributed by atoms with Crippen molar-refractivity contribution in [2.45, 2.75) is 19.4 Å². The highest BCUT2D eigenvalue weighted by molar-refractivity contribution is 6.34. The lowest BCUT2D eigenvalue weighted by atomic mass is 9.94. The first-order valence-corrected chi connectivity index (χ1v) is 11.3. The maximum Gasteiger partial charge on any atom is 0.347 e. The van der Waals surface area contributed by atoms with Crippen molar-refractivity contribution in [1.29, 1.82) is 0 Å². The van der Waals surface area contributed by atoms with Crippen molar-refractivity contribution in [2.75, 3.05) is 28.3 Å². The fraction of sp³-hybridized carbons (Fsp3) is 0.192. The van der Waals surface area contributed by atoms with Gasteiger partial charge in [0.15, 0.2) is 11.4 Å². The number of benzene rings is 3. The zero-order valence-electron chi connectivity index (χ0n) is 18.8. The normalized spacial score (nSPS) is 17.9. The van der Waals surface area contributed by atoms with E-state index in [4.69, 9.17) is 16.3 Å². The summed E-state index contributed by atoms with van der Waals surface area (Å²) >= 11 is 6.08. The number of amides is 4. The molecule has 2 heterocycles. The molecule has 0 radical (unpaired) electrons. The molecule has 5 rings (SSSR count). The van der Waals surface area contributed by atoms with Crippen LogP contribution >= 0.6 is 11.6 Å². The fourth-order valence-electron chi connectivity index (χ4n) is 4.15. The lowest BCUT2D eigenvalue weighted by Gasteiger charge is -2.43. The van der Waals surface area contributed by atoms with Gasteiger partial charge in [-0.3, -0.25) is 4.90 Å². The molecule has 0 bridgehead atoms. The van der Waals surface area contributed by atoms with Gasteiger partial charge >= 0.3 is 12.1 Å². The Balaban J connectivity index is 1.59. The number of amidine groups is 1. The van der Waals surface area contributed by atoms with Gasteiger partial charge in [-0.05, 0) is 62.4 Å². The standard InChI is InChI=1S/C26H23ClN4O3/c1-17-3-9-20(10-4-17)28-24(32)29-23-26(15-34-16-26)31(22-13-7-19(27)8-14-22)25(33)30(23)21-11-5-18(2)6-12-21/h3-14H,15-16H2,1-2H3,(H,28,32). The molecule has 0 atom stereocenters. The average molecular weight is 475 g/mol. The molecule has 0 saturated carbocycles. The molecule has 2 aliphatic rings. The molecule has 172 valence electrons. The molecule has 34 heavy (non-hydrogen) atoms. The maximum absolute atomic E-state index is 13.8. The van der Waals surface area contributed by atoms with Crippen molar-refractivity contribution in [3.8, 4) is 0 Å². The molecule has 2 aliphatic heterocycles. The number of nitrogens with one attached hydrogen (secondary N) is 1. The Labute approximate surface area is 202 Å².